The van der Waals surface area contributed by atoms with E-state index in [0.717, 1.165) is 23.3 Å². The van der Waals surface area contributed by atoms with Gasteiger partial charge in [0.1, 0.15) is 0 Å². The molecule has 0 saturated carbocycles. The van der Waals surface area contributed by atoms with Gasteiger partial charge in [-0.2, -0.15) is 0 Å². The Morgan fingerprint density at radius 2 is 2.38 bits per heavy atom. The Bertz CT molecular complexity index is 358. The fourth-order valence-electron chi connectivity index (χ4n) is 1.50. The van der Waals surface area contributed by atoms with Crippen molar-refractivity contribution in [3.8, 4) is 0 Å². The van der Waals surface area contributed by atoms with Crippen LogP contribution < -0.4 is 5.32 Å². The van der Waals surface area contributed by atoms with E-state index in [4.69, 9.17) is 5.11 Å². The van der Waals surface area contributed by atoms with Gasteiger partial charge in [-0.1, -0.05) is 13.3 Å². The zero-order valence-corrected chi connectivity index (χ0v) is 10.3. The second-order valence-electron chi connectivity index (χ2n) is 3.45. The number of carbonyl (C=O) groups is 1. The molecule has 0 aromatic carbocycles. The molecule has 1 rings (SSSR count). The van der Waals surface area contributed by atoms with E-state index >= 15 is 0 Å². The molecular weight excluding hydrogens is 224 g/mol. The molecular formula is C11H16N2O2S. The molecule has 1 heterocycles. The van der Waals surface area contributed by atoms with Crippen LogP contribution in [0.1, 0.15) is 31.4 Å². The number of pyridine rings is 1. The van der Waals surface area contributed by atoms with Gasteiger partial charge in [0.15, 0.2) is 0 Å². The molecule has 2 N–H and O–H groups in total. The van der Waals surface area contributed by atoms with Crippen molar-refractivity contribution in [1.29, 1.82) is 0 Å². The van der Waals surface area contributed by atoms with Gasteiger partial charge < -0.3 is 10.4 Å². The van der Waals surface area contributed by atoms with Gasteiger partial charge in [-0.25, -0.2) is 4.79 Å². The van der Waals surface area contributed by atoms with E-state index in [1.54, 1.807) is 24.2 Å². The van der Waals surface area contributed by atoms with Crippen molar-refractivity contribution in [2.24, 2.45) is 0 Å². The molecule has 0 spiro atoms. The summed E-state index contributed by atoms with van der Waals surface area (Å²) in [6.07, 6.45) is 6.18. The molecule has 1 aromatic heterocycles. The Hall–Kier alpha value is -1.23. The van der Waals surface area contributed by atoms with Crippen molar-refractivity contribution in [2.45, 2.75) is 30.7 Å². The predicted octanol–water partition coefficient (Wildman–Crippen LogP) is 2.91. The van der Waals surface area contributed by atoms with Gasteiger partial charge in [0, 0.05) is 17.3 Å². The molecule has 0 bridgehead atoms. The summed E-state index contributed by atoms with van der Waals surface area (Å²) >= 11 is 1.60. The average molecular weight is 240 g/mol. The van der Waals surface area contributed by atoms with Gasteiger partial charge in [-0.15, -0.1) is 11.8 Å². The first-order valence-corrected chi connectivity index (χ1v) is 6.38. The SMILES string of the molecule is CCCC(NC(=O)O)c1cncc(SC)c1. The molecule has 0 aliphatic rings. The maximum Gasteiger partial charge on any atom is 0.405 e. The molecule has 5 heteroatoms. The molecule has 4 nitrogen and oxygen atoms in total. The summed E-state index contributed by atoms with van der Waals surface area (Å²) in [5, 5.41) is 11.3. The highest BCUT2D eigenvalue weighted by atomic mass is 32.2. The van der Waals surface area contributed by atoms with Crippen LogP contribution in [0.5, 0.6) is 0 Å². The summed E-state index contributed by atoms with van der Waals surface area (Å²) in [5.41, 5.74) is 0.927. The summed E-state index contributed by atoms with van der Waals surface area (Å²) < 4.78 is 0. The Labute approximate surface area is 99.5 Å². The summed E-state index contributed by atoms with van der Waals surface area (Å²) in [6.45, 7) is 2.03. The maximum absolute atomic E-state index is 10.7. The highest BCUT2D eigenvalue weighted by Gasteiger charge is 2.13. The van der Waals surface area contributed by atoms with E-state index in [1.807, 2.05) is 19.2 Å². The highest BCUT2D eigenvalue weighted by molar-refractivity contribution is 7.98. The molecule has 0 aliphatic carbocycles. The van der Waals surface area contributed by atoms with E-state index in [0.29, 0.717) is 0 Å². The van der Waals surface area contributed by atoms with Crippen LogP contribution in [0.15, 0.2) is 23.4 Å². The lowest BCUT2D eigenvalue weighted by molar-refractivity contribution is 0.189. The monoisotopic (exact) mass is 240 g/mol. The van der Waals surface area contributed by atoms with Crippen molar-refractivity contribution in [3.63, 3.8) is 0 Å². The molecule has 1 aromatic rings. The highest BCUT2D eigenvalue weighted by Crippen LogP contribution is 2.22. The standard InChI is InChI=1S/C11H16N2O2S/c1-3-4-10(13-11(14)15)8-5-9(16-2)7-12-6-8/h5-7,10,13H,3-4H2,1-2H3,(H,14,15). The number of thioether (sulfide) groups is 1. The summed E-state index contributed by atoms with van der Waals surface area (Å²) in [4.78, 5) is 15.8. The number of aromatic nitrogens is 1. The summed E-state index contributed by atoms with van der Waals surface area (Å²) in [5.74, 6) is 0. The van der Waals surface area contributed by atoms with Gasteiger partial charge in [0.25, 0.3) is 0 Å². The molecule has 0 saturated heterocycles. The van der Waals surface area contributed by atoms with Crippen LogP contribution in [0.4, 0.5) is 4.79 Å². The second kappa shape index (κ2) is 6.37. The largest absolute Gasteiger partial charge is 0.465 e. The average Bonchev–Trinajstić information content (AvgIpc) is 2.28. The fourth-order valence-corrected chi connectivity index (χ4v) is 1.92. The molecule has 1 atom stereocenters. The minimum atomic E-state index is -0.993. The summed E-state index contributed by atoms with van der Waals surface area (Å²) in [6, 6.07) is 1.82. The van der Waals surface area contributed by atoms with Crippen molar-refractivity contribution >= 4 is 17.9 Å². The van der Waals surface area contributed by atoms with E-state index < -0.39 is 6.09 Å². The molecule has 88 valence electrons. The normalized spacial score (nSPS) is 12.1. The van der Waals surface area contributed by atoms with Crippen LogP contribution in [-0.2, 0) is 0 Å². The van der Waals surface area contributed by atoms with E-state index in [2.05, 4.69) is 10.3 Å². The molecule has 0 aliphatic heterocycles. The first-order valence-electron chi connectivity index (χ1n) is 5.15. The van der Waals surface area contributed by atoms with Crippen molar-refractivity contribution in [3.05, 3.63) is 24.0 Å². The van der Waals surface area contributed by atoms with Gasteiger partial charge in [0.05, 0.1) is 6.04 Å². The number of hydrogen-bond donors (Lipinski definition) is 2. The van der Waals surface area contributed by atoms with Crippen LogP contribution in [0.25, 0.3) is 0 Å². The predicted molar refractivity (Wildman–Crippen MR) is 64.8 cm³/mol. The number of hydrogen-bond acceptors (Lipinski definition) is 3. The van der Waals surface area contributed by atoms with E-state index in [9.17, 15) is 4.79 Å². The lowest BCUT2D eigenvalue weighted by Crippen LogP contribution is -2.26. The Balaban J connectivity index is 2.86. The second-order valence-corrected chi connectivity index (χ2v) is 4.33. The Morgan fingerprint density at radius 3 is 2.94 bits per heavy atom. The third-order valence-corrected chi connectivity index (χ3v) is 2.94. The molecule has 16 heavy (non-hydrogen) atoms. The Morgan fingerprint density at radius 1 is 1.62 bits per heavy atom. The zero-order chi connectivity index (χ0) is 12.0. The minimum Gasteiger partial charge on any atom is -0.465 e. The molecule has 0 fully saturated rings. The smallest absolute Gasteiger partial charge is 0.405 e. The molecule has 1 unspecified atom stereocenters. The molecule has 1 amide bonds. The third kappa shape index (κ3) is 3.73. The van der Waals surface area contributed by atoms with Gasteiger partial charge in [-0.05, 0) is 24.3 Å². The topological polar surface area (TPSA) is 62.2 Å². The Kier molecular flexibility index (Phi) is 5.11. The number of amides is 1. The first kappa shape index (κ1) is 12.8. The van der Waals surface area contributed by atoms with Gasteiger partial charge in [0.2, 0.25) is 0 Å². The lowest BCUT2D eigenvalue weighted by Gasteiger charge is -2.16. The third-order valence-electron chi connectivity index (χ3n) is 2.25. The van der Waals surface area contributed by atoms with Crippen LogP contribution >= 0.6 is 11.8 Å². The van der Waals surface area contributed by atoms with Crippen LogP contribution in [0.2, 0.25) is 0 Å². The number of nitrogens with zero attached hydrogens (tertiary/aromatic N) is 1. The quantitative estimate of drug-likeness (QED) is 0.777. The van der Waals surface area contributed by atoms with Crippen molar-refractivity contribution in [2.75, 3.05) is 6.26 Å². The minimum absolute atomic E-state index is 0.165. The number of nitrogens with one attached hydrogen (secondary N) is 1. The van der Waals surface area contributed by atoms with Crippen LogP contribution in [-0.4, -0.2) is 22.4 Å². The van der Waals surface area contributed by atoms with E-state index in [-0.39, 0.29) is 6.04 Å². The van der Waals surface area contributed by atoms with E-state index in [1.165, 1.54) is 0 Å². The lowest BCUT2D eigenvalue weighted by atomic mass is 10.0. The summed E-state index contributed by atoms with van der Waals surface area (Å²) in [7, 11) is 0. The van der Waals surface area contributed by atoms with Gasteiger partial charge in [-0.3, -0.25) is 4.98 Å². The molecule has 0 radical (unpaired) electrons. The van der Waals surface area contributed by atoms with Crippen molar-refractivity contribution < 1.29 is 9.90 Å². The van der Waals surface area contributed by atoms with Crippen LogP contribution in [0.3, 0.4) is 0 Å². The fraction of sp³-hybridized carbons (Fsp3) is 0.455. The first-order chi connectivity index (χ1) is 7.67. The number of carboxylic acid groups (broad SMARTS) is 1. The zero-order valence-electron chi connectivity index (χ0n) is 9.43. The number of rotatable bonds is 5. The van der Waals surface area contributed by atoms with Gasteiger partial charge >= 0.3 is 6.09 Å². The van der Waals surface area contributed by atoms with Crippen molar-refractivity contribution in [1.82, 2.24) is 10.3 Å². The maximum atomic E-state index is 10.7. The van der Waals surface area contributed by atoms with Crippen LogP contribution in [0, 0.1) is 0 Å².